The second-order valence-corrected chi connectivity index (χ2v) is 8.87. The molecule has 0 aliphatic carbocycles. The van der Waals surface area contributed by atoms with E-state index in [4.69, 9.17) is 17.3 Å². The third-order valence-electron chi connectivity index (χ3n) is 2.59. The van der Waals surface area contributed by atoms with Gasteiger partial charge in [0.2, 0.25) is 5.91 Å². The first-order chi connectivity index (χ1) is 9.70. The Balaban J connectivity index is 2.33. The van der Waals surface area contributed by atoms with Crippen LogP contribution in [-0.2, 0) is 10.0 Å². The van der Waals surface area contributed by atoms with Crippen LogP contribution in [0.3, 0.4) is 0 Å². The first-order valence-electron chi connectivity index (χ1n) is 5.59. The zero-order valence-electron chi connectivity index (χ0n) is 10.7. The van der Waals surface area contributed by atoms with Crippen molar-refractivity contribution in [2.24, 2.45) is 5.73 Å². The Morgan fingerprint density at radius 1 is 1.38 bits per heavy atom. The van der Waals surface area contributed by atoms with E-state index in [9.17, 15) is 13.2 Å². The maximum atomic E-state index is 12.2. The molecular formula is C12H10BrClN2O3S2. The molecule has 0 saturated heterocycles. The lowest BCUT2D eigenvalue weighted by Gasteiger charge is -2.08. The lowest BCUT2D eigenvalue weighted by atomic mass is 10.2. The predicted molar refractivity (Wildman–Crippen MR) is 87.5 cm³/mol. The molecule has 0 saturated carbocycles. The average molecular weight is 410 g/mol. The van der Waals surface area contributed by atoms with Gasteiger partial charge in [-0.2, -0.15) is 0 Å². The van der Waals surface area contributed by atoms with E-state index in [-0.39, 0.29) is 20.5 Å². The van der Waals surface area contributed by atoms with Gasteiger partial charge in [0, 0.05) is 0 Å². The lowest BCUT2D eigenvalue weighted by Crippen LogP contribution is -2.14. The van der Waals surface area contributed by atoms with E-state index in [2.05, 4.69) is 20.7 Å². The fourth-order valence-corrected chi connectivity index (χ4v) is 5.10. The Morgan fingerprint density at radius 3 is 2.52 bits per heavy atom. The van der Waals surface area contributed by atoms with E-state index in [1.165, 1.54) is 18.2 Å². The molecule has 0 radical (unpaired) electrons. The minimum Gasteiger partial charge on any atom is -0.366 e. The Morgan fingerprint density at radius 2 is 2.05 bits per heavy atom. The van der Waals surface area contributed by atoms with Crippen LogP contribution in [0.4, 0.5) is 5.69 Å². The predicted octanol–water partition coefficient (Wildman–Crippen LogP) is 3.37. The molecule has 2 aromatic rings. The highest BCUT2D eigenvalue weighted by Crippen LogP contribution is 2.32. The molecule has 0 fully saturated rings. The summed E-state index contributed by atoms with van der Waals surface area (Å²) in [6, 6.07) is 5.71. The number of nitrogens with one attached hydrogen (secondary N) is 1. The molecule has 1 aromatic carbocycles. The van der Waals surface area contributed by atoms with Crippen molar-refractivity contribution in [2.45, 2.75) is 11.1 Å². The quantitative estimate of drug-likeness (QED) is 0.811. The van der Waals surface area contributed by atoms with E-state index in [1.807, 2.05) is 0 Å². The fourth-order valence-electron chi connectivity index (χ4n) is 1.55. The van der Waals surface area contributed by atoms with E-state index in [0.717, 1.165) is 20.7 Å². The van der Waals surface area contributed by atoms with Gasteiger partial charge in [0.1, 0.15) is 4.21 Å². The van der Waals surface area contributed by atoms with Crippen molar-refractivity contribution in [3.05, 3.63) is 44.2 Å². The van der Waals surface area contributed by atoms with E-state index in [1.54, 1.807) is 13.0 Å². The number of hydrogen-bond donors (Lipinski definition) is 2. The first-order valence-corrected chi connectivity index (χ1v) is 9.06. The molecule has 1 aromatic heterocycles. The van der Waals surface area contributed by atoms with Crippen LogP contribution in [-0.4, -0.2) is 14.3 Å². The van der Waals surface area contributed by atoms with Gasteiger partial charge < -0.3 is 5.73 Å². The molecule has 0 aliphatic heterocycles. The van der Waals surface area contributed by atoms with Gasteiger partial charge in [0.25, 0.3) is 10.0 Å². The van der Waals surface area contributed by atoms with E-state index < -0.39 is 15.9 Å². The number of primary amides is 1. The second kappa shape index (κ2) is 5.96. The topological polar surface area (TPSA) is 89.3 Å². The molecule has 0 spiro atoms. The van der Waals surface area contributed by atoms with Crippen molar-refractivity contribution in [3.63, 3.8) is 0 Å². The molecule has 112 valence electrons. The maximum absolute atomic E-state index is 12.2. The number of anilines is 1. The number of amides is 1. The zero-order chi connectivity index (χ0) is 15.8. The minimum absolute atomic E-state index is 0.0891. The number of benzene rings is 1. The Kier molecular flexibility index (Phi) is 4.62. The van der Waals surface area contributed by atoms with Gasteiger partial charge in [-0.05, 0) is 52.7 Å². The fraction of sp³-hybridized carbons (Fsp3) is 0.0833. The number of carbonyl (C=O) groups is 1. The molecule has 0 aliphatic rings. The van der Waals surface area contributed by atoms with Crippen molar-refractivity contribution in [3.8, 4) is 0 Å². The molecule has 0 bridgehead atoms. The van der Waals surface area contributed by atoms with Gasteiger partial charge in [-0.3, -0.25) is 9.52 Å². The number of carbonyl (C=O) groups excluding carboxylic acids is 1. The summed E-state index contributed by atoms with van der Waals surface area (Å²) in [5.74, 6) is -0.674. The summed E-state index contributed by atoms with van der Waals surface area (Å²) in [4.78, 5) is 11.1. The monoisotopic (exact) mass is 408 g/mol. The van der Waals surface area contributed by atoms with Gasteiger partial charge in [0.05, 0.1) is 20.1 Å². The summed E-state index contributed by atoms with van der Waals surface area (Å²) >= 11 is 10.3. The number of thiophene rings is 1. The van der Waals surface area contributed by atoms with Crippen molar-refractivity contribution in [2.75, 3.05) is 4.72 Å². The smallest absolute Gasteiger partial charge is 0.271 e. The molecule has 2 rings (SSSR count). The Hall–Kier alpha value is -1.09. The number of hydrogen-bond acceptors (Lipinski definition) is 4. The SMILES string of the molecule is Cc1cc(S(=O)(=O)Nc2ccc(C(N)=O)c(Cl)c2)sc1Br. The van der Waals surface area contributed by atoms with Crippen molar-refractivity contribution in [1.29, 1.82) is 0 Å². The normalized spacial score (nSPS) is 11.4. The molecule has 21 heavy (non-hydrogen) atoms. The van der Waals surface area contributed by atoms with E-state index >= 15 is 0 Å². The zero-order valence-corrected chi connectivity index (χ0v) is 14.7. The number of sulfonamides is 1. The molecule has 5 nitrogen and oxygen atoms in total. The summed E-state index contributed by atoms with van der Waals surface area (Å²) in [6.45, 7) is 1.80. The van der Waals surface area contributed by atoms with Crippen LogP contribution in [0.1, 0.15) is 15.9 Å². The third-order valence-corrected chi connectivity index (χ3v) is 6.89. The summed E-state index contributed by atoms with van der Waals surface area (Å²) in [5.41, 5.74) is 6.36. The standard InChI is InChI=1S/C12H10BrClN2O3S2/c1-6-4-10(20-11(6)13)21(18,19)16-7-2-3-8(12(15)17)9(14)5-7/h2-5,16H,1H3,(H2,15,17). The molecule has 0 atom stereocenters. The second-order valence-electron chi connectivity index (χ2n) is 4.19. The summed E-state index contributed by atoms with van der Waals surface area (Å²) in [5, 5.41) is 0.0891. The van der Waals surface area contributed by atoms with Crippen LogP contribution >= 0.6 is 38.9 Å². The minimum atomic E-state index is -3.70. The Bertz CT molecular complexity index is 798. The molecule has 1 heterocycles. The van der Waals surface area contributed by atoms with Crippen molar-refractivity contribution >= 4 is 60.5 Å². The van der Waals surface area contributed by atoms with Gasteiger partial charge in [0.15, 0.2) is 0 Å². The van der Waals surface area contributed by atoms with E-state index in [0.29, 0.717) is 0 Å². The van der Waals surface area contributed by atoms with Crippen LogP contribution in [0, 0.1) is 6.92 Å². The third kappa shape index (κ3) is 3.57. The summed E-state index contributed by atoms with van der Waals surface area (Å²) in [6.07, 6.45) is 0. The molecule has 1 amide bonds. The largest absolute Gasteiger partial charge is 0.366 e. The van der Waals surface area contributed by atoms with Gasteiger partial charge in [-0.25, -0.2) is 8.42 Å². The maximum Gasteiger partial charge on any atom is 0.271 e. The number of aryl methyl sites for hydroxylation is 1. The summed E-state index contributed by atoms with van der Waals surface area (Å²) < 4.78 is 27.8. The van der Waals surface area contributed by atoms with Crippen LogP contribution in [0.5, 0.6) is 0 Å². The van der Waals surface area contributed by atoms with Crippen LogP contribution in [0.25, 0.3) is 0 Å². The number of rotatable bonds is 4. The number of nitrogens with two attached hydrogens (primary N) is 1. The molecular weight excluding hydrogens is 400 g/mol. The molecule has 3 N–H and O–H groups in total. The number of halogens is 2. The van der Waals surface area contributed by atoms with Gasteiger partial charge in [-0.15, -0.1) is 11.3 Å². The molecule has 0 unspecified atom stereocenters. The van der Waals surface area contributed by atoms with Gasteiger partial charge in [-0.1, -0.05) is 11.6 Å². The Labute approximate surface area is 139 Å². The van der Waals surface area contributed by atoms with Crippen LogP contribution in [0.2, 0.25) is 5.02 Å². The highest BCUT2D eigenvalue weighted by molar-refractivity contribution is 9.11. The molecule has 9 heteroatoms. The lowest BCUT2D eigenvalue weighted by molar-refractivity contribution is 0.100. The summed E-state index contributed by atoms with van der Waals surface area (Å²) in [7, 11) is -3.70. The van der Waals surface area contributed by atoms with Crippen molar-refractivity contribution in [1.82, 2.24) is 0 Å². The van der Waals surface area contributed by atoms with Crippen LogP contribution < -0.4 is 10.5 Å². The average Bonchev–Trinajstić information content (AvgIpc) is 2.69. The first kappa shape index (κ1) is 16.3. The van der Waals surface area contributed by atoms with Crippen molar-refractivity contribution < 1.29 is 13.2 Å². The highest BCUT2D eigenvalue weighted by atomic mass is 79.9. The highest BCUT2D eigenvalue weighted by Gasteiger charge is 2.19. The van der Waals surface area contributed by atoms with Crippen LogP contribution in [0.15, 0.2) is 32.3 Å². The van der Waals surface area contributed by atoms with Gasteiger partial charge >= 0.3 is 0 Å².